The summed E-state index contributed by atoms with van der Waals surface area (Å²) in [7, 11) is 0. The van der Waals surface area contributed by atoms with Gasteiger partial charge in [0.05, 0.1) is 22.2 Å². The second kappa shape index (κ2) is 7.85. The first-order chi connectivity index (χ1) is 12.5. The van der Waals surface area contributed by atoms with Crippen molar-refractivity contribution in [1.29, 1.82) is 0 Å². The first kappa shape index (κ1) is 19.0. The molecule has 1 aliphatic heterocycles. The lowest BCUT2D eigenvalue weighted by Crippen LogP contribution is -2.34. The highest BCUT2D eigenvalue weighted by molar-refractivity contribution is 6.42. The number of rotatable bonds is 4. The third-order valence-corrected chi connectivity index (χ3v) is 5.56. The molecule has 1 atom stereocenters. The molecule has 2 aliphatic rings. The lowest BCUT2D eigenvalue weighted by atomic mass is 9.75. The van der Waals surface area contributed by atoms with Crippen molar-refractivity contribution >= 4 is 35.0 Å². The number of Topliss-reactive ketones (excluding diaryl/α,β-unsaturated/α-hetero) is 1. The molecule has 6 heteroatoms. The van der Waals surface area contributed by atoms with Crippen molar-refractivity contribution in [3.8, 4) is 0 Å². The molecule has 0 aromatic heterocycles. The maximum Gasteiger partial charge on any atom is 0.336 e. The number of hydrogen-bond donors (Lipinski definition) is 1. The highest BCUT2D eigenvalue weighted by Gasteiger charge is 2.40. The van der Waals surface area contributed by atoms with E-state index >= 15 is 0 Å². The van der Waals surface area contributed by atoms with Crippen molar-refractivity contribution in [2.45, 2.75) is 45.4 Å². The molecular formula is C20H21Cl2NO3. The molecule has 0 saturated carbocycles. The third kappa shape index (κ3) is 3.40. The fourth-order valence-corrected chi connectivity index (χ4v) is 4.00. The van der Waals surface area contributed by atoms with Crippen LogP contribution in [0.2, 0.25) is 10.0 Å². The number of carbonyl (C=O) groups excluding carboxylic acids is 2. The summed E-state index contributed by atoms with van der Waals surface area (Å²) < 4.78 is 5.39. The van der Waals surface area contributed by atoms with Gasteiger partial charge in [0, 0.05) is 29.3 Å². The molecule has 0 saturated heterocycles. The van der Waals surface area contributed by atoms with E-state index in [9.17, 15) is 9.59 Å². The van der Waals surface area contributed by atoms with Crippen molar-refractivity contribution < 1.29 is 14.3 Å². The largest absolute Gasteiger partial charge is 0.462 e. The van der Waals surface area contributed by atoms with Gasteiger partial charge in [-0.2, -0.15) is 0 Å². The van der Waals surface area contributed by atoms with Crippen molar-refractivity contribution in [2.75, 3.05) is 6.61 Å². The molecule has 26 heavy (non-hydrogen) atoms. The molecule has 0 radical (unpaired) electrons. The van der Waals surface area contributed by atoms with Crippen molar-refractivity contribution in [3.05, 3.63) is 56.3 Å². The molecule has 0 unspecified atom stereocenters. The Hall–Kier alpha value is -1.78. The molecule has 1 aliphatic carbocycles. The topological polar surface area (TPSA) is 55.4 Å². The highest BCUT2D eigenvalue weighted by atomic mass is 35.5. The molecular weight excluding hydrogens is 373 g/mol. The van der Waals surface area contributed by atoms with Crippen molar-refractivity contribution in [3.63, 3.8) is 0 Å². The van der Waals surface area contributed by atoms with Crippen molar-refractivity contribution in [1.82, 2.24) is 5.32 Å². The first-order valence-electron chi connectivity index (χ1n) is 8.80. The molecule has 0 amide bonds. The Balaban J connectivity index is 2.17. The Kier molecular flexibility index (Phi) is 5.73. The van der Waals surface area contributed by atoms with Crippen LogP contribution in [0.15, 0.2) is 40.7 Å². The number of ether oxygens (including phenoxy) is 1. The summed E-state index contributed by atoms with van der Waals surface area (Å²) in [6.45, 7) is 4.09. The van der Waals surface area contributed by atoms with Crippen LogP contribution in [-0.2, 0) is 14.3 Å². The van der Waals surface area contributed by atoms with E-state index in [2.05, 4.69) is 5.32 Å². The van der Waals surface area contributed by atoms with Gasteiger partial charge in [-0.15, -0.1) is 0 Å². The Morgan fingerprint density at radius 1 is 1.31 bits per heavy atom. The first-order valence-corrected chi connectivity index (χ1v) is 9.56. The zero-order valence-corrected chi connectivity index (χ0v) is 16.3. The molecule has 138 valence electrons. The smallest absolute Gasteiger partial charge is 0.336 e. The number of halogens is 2. The number of ketones is 1. The average Bonchev–Trinajstić information content (AvgIpc) is 2.61. The van der Waals surface area contributed by atoms with Crippen LogP contribution in [0.3, 0.4) is 0 Å². The maximum atomic E-state index is 12.8. The summed E-state index contributed by atoms with van der Waals surface area (Å²) in [5, 5.41) is 4.01. The van der Waals surface area contributed by atoms with Gasteiger partial charge >= 0.3 is 5.97 Å². The quantitative estimate of drug-likeness (QED) is 0.737. The van der Waals surface area contributed by atoms with E-state index in [0.717, 1.165) is 25.0 Å². The standard InChI is InChI=1S/C20H21Cl2NO3/c1-3-10-26-20(25)16-11(2)23-14-8-5-9-15(24)18(14)17(16)12-6-4-7-13(21)19(12)22/h4,6-7,17,23H,3,5,8-10H2,1-2H3/t17-/m1/s1. The van der Waals surface area contributed by atoms with E-state index in [-0.39, 0.29) is 5.78 Å². The second-order valence-corrected chi connectivity index (χ2v) is 7.33. The van der Waals surface area contributed by atoms with E-state index in [0.29, 0.717) is 45.5 Å². The van der Waals surface area contributed by atoms with Crippen molar-refractivity contribution in [2.24, 2.45) is 0 Å². The summed E-state index contributed by atoms with van der Waals surface area (Å²) >= 11 is 12.7. The predicted molar refractivity (Wildman–Crippen MR) is 102 cm³/mol. The Bertz CT molecular complexity index is 826. The monoisotopic (exact) mass is 393 g/mol. The van der Waals surface area contributed by atoms with Gasteiger partial charge in [0.1, 0.15) is 0 Å². The van der Waals surface area contributed by atoms with Gasteiger partial charge in [0.15, 0.2) is 5.78 Å². The van der Waals surface area contributed by atoms with E-state index < -0.39 is 11.9 Å². The number of carbonyl (C=O) groups is 2. The molecule has 0 bridgehead atoms. The minimum Gasteiger partial charge on any atom is -0.462 e. The third-order valence-electron chi connectivity index (χ3n) is 4.73. The lowest BCUT2D eigenvalue weighted by molar-refractivity contribution is -0.139. The van der Waals surface area contributed by atoms with E-state index in [1.807, 2.05) is 19.9 Å². The van der Waals surface area contributed by atoms with Gasteiger partial charge in [-0.1, -0.05) is 42.3 Å². The number of allylic oxidation sites excluding steroid dienone is 3. The van der Waals surface area contributed by atoms with Gasteiger partial charge in [0.25, 0.3) is 0 Å². The highest BCUT2D eigenvalue weighted by Crippen LogP contribution is 2.45. The maximum absolute atomic E-state index is 12.8. The predicted octanol–water partition coefficient (Wildman–Crippen LogP) is 4.91. The van der Waals surface area contributed by atoms with Gasteiger partial charge in [-0.25, -0.2) is 4.79 Å². The molecule has 1 aromatic carbocycles. The second-order valence-electron chi connectivity index (χ2n) is 6.54. The van der Waals surface area contributed by atoms with Crippen LogP contribution in [0.1, 0.15) is 51.0 Å². The van der Waals surface area contributed by atoms with Crippen LogP contribution in [0.25, 0.3) is 0 Å². The fourth-order valence-electron chi connectivity index (χ4n) is 3.58. The summed E-state index contributed by atoms with van der Waals surface area (Å²) in [6, 6.07) is 5.29. The summed E-state index contributed by atoms with van der Waals surface area (Å²) in [5.41, 5.74) is 3.25. The zero-order valence-electron chi connectivity index (χ0n) is 14.8. The van der Waals surface area contributed by atoms with Gasteiger partial charge in [0.2, 0.25) is 0 Å². The van der Waals surface area contributed by atoms with E-state index in [4.69, 9.17) is 27.9 Å². The number of dihydropyridines is 1. The number of hydrogen-bond acceptors (Lipinski definition) is 4. The number of nitrogens with one attached hydrogen (secondary N) is 1. The Morgan fingerprint density at radius 2 is 2.08 bits per heavy atom. The SMILES string of the molecule is CCCOC(=O)C1=C(C)NC2=C(C(=O)CCC2)[C@@H]1c1cccc(Cl)c1Cl. The van der Waals surface area contributed by atoms with E-state index in [1.54, 1.807) is 12.1 Å². The van der Waals surface area contributed by atoms with Gasteiger partial charge < -0.3 is 10.1 Å². The minimum atomic E-state index is -0.561. The minimum absolute atomic E-state index is 0.0353. The van der Waals surface area contributed by atoms with Crippen LogP contribution < -0.4 is 5.32 Å². The van der Waals surface area contributed by atoms with Crippen LogP contribution in [-0.4, -0.2) is 18.4 Å². The molecule has 3 rings (SSSR count). The van der Waals surface area contributed by atoms with Gasteiger partial charge in [-0.05, 0) is 37.8 Å². The summed E-state index contributed by atoms with van der Waals surface area (Å²) in [4.78, 5) is 25.5. The lowest BCUT2D eigenvalue weighted by Gasteiger charge is -2.34. The number of benzene rings is 1. The molecule has 4 nitrogen and oxygen atoms in total. The fraction of sp³-hybridized carbons (Fsp3) is 0.400. The van der Waals surface area contributed by atoms with Crippen LogP contribution >= 0.6 is 23.2 Å². The molecule has 0 spiro atoms. The molecule has 1 N–H and O–H groups in total. The van der Waals surface area contributed by atoms with E-state index in [1.165, 1.54) is 0 Å². The van der Waals surface area contributed by atoms with Crippen LogP contribution in [0, 0.1) is 0 Å². The number of esters is 1. The summed E-state index contributed by atoms with van der Waals surface area (Å²) in [5.74, 6) is -0.953. The van der Waals surface area contributed by atoms with Gasteiger partial charge in [-0.3, -0.25) is 4.79 Å². The summed E-state index contributed by atoms with van der Waals surface area (Å²) in [6.07, 6.45) is 2.75. The Labute approximate surface area is 163 Å². The molecule has 0 fully saturated rings. The molecule has 1 heterocycles. The normalized spacial score (nSPS) is 20.0. The van der Waals surface area contributed by atoms with Crippen LogP contribution in [0.4, 0.5) is 0 Å². The average molecular weight is 394 g/mol. The zero-order chi connectivity index (χ0) is 18.8. The van der Waals surface area contributed by atoms with Crippen LogP contribution in [0.5, 0.6) is 0 Å². The molecule has 1 aromatic rings. The Morgan fingerprint density at radius 3 is 2.81 bits per heavy atom.